The number of halogens is 1. The topological polar surface area (TPSA) is 73.0 Å². The Morgan fingerprint density at radius 3 is 2.23 bits per heavy atom. The van der Waals surface area contributed by atoms with Crippen LogP contribution in [0, 0.1) is 11.7 Å². The second kappa shape index (κ2) is 13.0. The van der Waals surface area contributed by atoms with Crippen molar-refractivity contribution in [1.29, 1.82) is 0 Å². The van der Waals surface area contributed by atoms with Crippen LogP contribution in [0.1, 0.15) is 36.2 Å². The second-order valence-corrected chi connectivity index (χ2v) is 10.2. The van der Waals surface area contributed by atoms with Crippen LogP contribution in [-0.4, -0.2) is 60.2 Å². The van der Waals surface area contributed by atoms with Crippen LogP contribution in [0.3, 0.4) is 0 Å². The van der Waals surface area contributed by atoms with Crippen LogP contribution in [0.4, 0.5) is 15.8 Å². The maximum Gasteiger partial charge on any atom is 0.254 e. The molecule has 0 saturated carbocycles. The molecule has 0 spiro atoms. The zero-order valence-electron chi connectivity index (χ0n) is 22.5. The standard InChI is InChI=1S/C31H35FN4O3/c1-23(2)19-30(38)36(21-24-7-4-3-5-8-24)22-29(37)33-27-11-13-28(14-12-27)34-15-17-35(18-16-34)31(39)25-9-6-10-26(32)20-25/h3-14,20,23H,15-19,21-22H2,1-2H3,(H,33,37). The number of hydrogen-bond acceptors (Lipinski definition) is 4. The molecule has 3 aromatic carbocycles. The van der Waals surface area contributed by atoms with Gasteiger partial charge in [-0.1, -0.05) is 50.2 Å². The first-order valence-electron chi connectivity index (χ1n) is 13.3. The van der Waals surface area contributed by atoms with Gasteiger partial charge in [-0.05, 0) is 53.9 Å². The first-order chi connectivity index (χ1) is 18.8. The molecule has 7 nitrogen and oxygen atoms in total. The van der Waals surface area contributed by atoms with Crippen molar-refractivity contribution in [1.82, 2.24) is 9.80 Å². The van der Waals surface area contributed by atoms with E-state index in [1.165, 1.54) is 12.1 Å². The van der Waals surface area contributed by atoms with Crippen molar-refractivity contribution in [2.75, 3.05) is 42.9 Å². The fourth-order valence-electron chi connectivity index (χ4n) is 4.62. The van der Waals surface area contributed by atoms with Crippen LogP contribution < -0.4 is 10.2 Å². The van der Waals surface area contributed by atoms with Gasteiger partial charge in [0.25, 0.3) is 5.91 Å². The maximum absolute atomic E-state index is 13.5. The van der Waals surface area contributed by atoms with Crippen LogP contribution in [0.2, 0.25) is 0 Å². The quantitative estimate of drug-likeness (QED) is 0.431. The van der Waals surface area contributed by atoms with E-state index in [1.54, 1.807) is 21.9 Å². The molecule has 0 aliphatic carbocycles. The van der Waals surface area contributed by atoms with Gasteiger partial charge in [-0.3, -0.25) is 14.4 Å². The van der Waals surface area contributed by atoms with E-state index >= 15 is 0 Å². The lowest BCUT2D eigenvalue weighted by molar-refractivity contribution is -0.136. The van der Waals surface area contributed by atoms with Crippen molar-refractivity contribution >= 4 is 29.1 Å². The highest BCUT2D eigenvalue weighted by atomic mass is 19.1. The monoisotopic (exact) mass is 530 g/mol. The van der Waals surface area contributed by atoms with Crippen LogP contribution in [0.15, 0.2) is 78.9 Å². The molecule has 4 rings (SSSR count). The highest BCUT2D eigenvalue weighted by Gasteiger charge is 2.23. The molecule has 8 heteroatoms. The lowest BCUT2D eigenvalue weighted by Crippen LogP contribution is -2.48. The predicted molar refractivity (Wildman–Crippen MR) is 151 cm³/mol. The summed E-state index contributed by atoms with van der Waals surface area (Å²) in [6.07, 6.45) is 0.385. The summed E-state index contributed by atoms with van der Waals surface area (Å²) >= 11 is 0. The number of nitrogens with one attached hydrogen (secondary N) is 1. The Hall–Kier alpha value is -4.20. The summed E-state index contributed by atoms with van der Waals surface area (Å²) in [5.74, 6) is -0.680. The number of anilines is 2. The predicted octanol–water partition coefficient (Wildman–Crippen LogP) is 4.80. The molecule has 0 unspecified atom stereocenters. The minimum atomic E-state index is -0.419. The number of carbonyl (C=O) groups excluding carboxylic acids is 3. The minimum absolute atomic E-state index is 0.0243. The zero-order valence-corrected chi connectivity index (χ0v) is 22.5. The molecular formula is C31H35FN4O3. The molecule has 3 amide bonds. The van der Waals surface area contributed by atoms with E-state index in [1.807, 2.05) is 68.4 Å². The molecule has 1 N–H and O–H groups in total. The lowest BCUT2D eigenvalue weighted by Gasteiger charge is -2.36. The van der Waals surface area contributed by atoms with E-state index in [4.69, 9.17) is 0 Å². The molecule has 39 heavy (non-hydrogen) atoms. The maximum atomic E-state index is 13.5. The Labute approximate surface area is 229 Å². The van der Waals surface area contributed by atoms with E-state index in [0.29, 0.717) is 50.4 Å². The van der Waals surface area contributed by atoms with E-state index in [2.05, 4.69) is 10.2 Å². The van der Waals surface area contributed by atoms with Gasteiger partial charge in [0.05, 0.1) is 0 Å². The summed E-state index contributed by atoms with van der Waals surface area (Å²) in [5, 5.41) is 2.91. The van der Waals surface area contributed by atoms with Crippen LogP contribution in [0.25, 0.3) is 0 Å². The number of piperazine rings is 1. The van der Waals surface area contributed by atoms with Crippen molar-refractivity contribution in [3.63, 3.8) is 0 Å². The van der Waals surface area contributed by atoms with Crippen molar-refractivity contribution in [2.24, 2.45) is 5.92 Å². The summed E-state index contributed by atoms with van der Waals surface area (Å²) in [5.41, 5.74) is 2.98. The Morgan fingerprint density at radius 2 is 1.59 bits per heavy atom. The number of nitrogens with zero attached hydrogens (tertiary/aromatic N) is 3. The van der Waals surface area contributed by atoms with E-state index in [9.17, 15) is 18.8 Å². The molecule has 0 aromatic heterocycles. The minimum Gasteiger partial charge on any atom is -0.368 e. The number of rotatable bonds is 9. The first kappa shape index (κ1) is 27.8. The Morgan fingerprint density at radius 1 is 0.897 bits per heavy atom. The van der Waals surface area contributed by atoms with Crippen molar-refractivity contribution in [3.8, 4) is 0 Å². The molecule has 1 aliphatic heterocycles. The summed E-state index contributed by atoms with van der Waals surface area (Å²) < 4.78 is 13.5. The number of hydrogen-bond donors (Lipinski definition) is 1. The molecule has 1 fully saturated rings. The Kier molecular flexibility index (Phi) is 9.31. The highest BCUT2D eigenvalue weighted by Crippen LogP contribution is 2.21. The molecule has 1 aliphatic rings. The molecule has 1 saturated heterocycles. The van der Waals surface area contributed by atoms with Gasteiger partial charge in [0.1, 0.15) is 12.4 Å². The number of amides is 3. The van der Waals surface area contributed by atoms with E-state index in [0.717, 1.165) is 11.3 Å². The molecule has 3 aromatic rings. The smallest absolute Gasteiger partial charge is 0.254 e. The van der Waals surface area contributed by atoms with Crippen molar-refractivity contribution < 1.29 is 18.8 Å². The average molecular weight is 531 g/mol. The number of carbonyl (C=O) groups is 3. The first-order valence-corrected chi connectivity index (χ1v) is 13.3. The third kappa shape index (κ3) is 7.89. The fraction of sp³-hybridized carbons (Fsp3) is 0.323. The van der Waals surface area contributed by atoms with Crippen LogP contribution >= 0.6 is 0 Å². The van der Waals surface area contributed by atoms with Crippen LogP contribution in [0.5, 0.6) is 0 Å². The van der Waals surface area contributed by atoms with Gasteiger partial charge >= 0.3 is 0 Å². The Balaban J connectivity index is 1.31. The van der Waals surface area contributed by atoms with Gasteiger partial charge in [0, 0.05) is 56.1 Å². The fourth-order valence-corrected chi connectivity index (χ4v) is 4.62. The van der Waals surface area contributed by atoms with Crippen molar-refractivity contribution in [3.05, 3.63) is 95.8 Å². The summed E-state index contributed by atoms with van der Waals surface area (Å²) in [4.78, 5) is 43.9. The lowest BCUT2D eigenvalue weighted by atomic mass is 10.1. The number of benzene rings is 3. The third-order valence-electron chi connectivity index (χ3n) is 6.64. The summed E-state index contributed by atoms with van der Waals surface area (Å²) in [6.45, 7) is 6.71. The highest BCUT2D eigenvalue weighted by molar-refractivity contribution is 5.95. The zero-order chi connectivity index (χ0) is 27.8. The Bertz CT molecular complexity index is 1270. The van der Waals surface area contributed by atoms with Gasteiger partial charge in [-0.2, -0.15) is 0 Å². The molecule has 0 bridgehead atoms. The van der Waals surface area contributed by atoms with Gasteiger partial charge in [0.15, 0.2) is 0 Å². The molecular weight excluding hydrogens is 495 g/mol. The SMILES string of the molecule is CC(C)CC(=O)N(CC(=O)Nc1ccc(N2CCN(C(=O)c3cccc(F)c3)CC2)cc1)Cc1ccccc1. The van der Waals surface area contributed by atoms with Crippen molar-refractivity contribution in [2.45, 2.75) is 26.8 Å². The van der Waals surface area contributed by atoms with Gasteiger partial charge in [-0.15, -0.1) is 0 Å². The van der Waals surface area contributed by atoms with Gasteiger partial charge in [-0.25, -0.2) is 4.39 Å². The molecule has 1 heterocycles. The van der Waals surface area contributed by atoms with Crippen LogP contribution in [-0.2, 0) is 16.1 Å². The largest absolute Gasteiger partial charge is 0.368 e. The van der Waals surface area contributed by atoms with E-state index in [-0.39, 0.29) is 30.2 Å². The van der Waals surface area contributed by atoms with E-state index < -0.39 is 5.82 Å². The second-order valence-electron chi connectivity index (χ2n) is 10.2. The molecule has 204 valence electrons. The molecule has 0 radical (unpaired) electrons. The summed E-state index contributed by atoms with van der Waals surface area (Å²) in [7, 11) is 0. The summed E-state index contributed by atoms with van der Waals surface area (Å²) in [6, 6.07) is 23.0. The average Bonchev–Trinajstić information content (AvgIpc) is 2.93. The normalized spacial score (nSPS) is 13.3. The third-order valence-corrected chi connectivity index (χ3v) is 6.64. The van der Waals surface area contributed by atoms with Gasteiger partial charge < -0.3 is 20.0 Å². The molecule has 0 atom stereocenters. The van der Waals surface area contributed by atoms with Gasteiger partial charge in [0.2, 0.25) is 11.8 Å².